The van der Waals surface area contributed by atoms with Gasteiger partial charge in [0.1, 0.15) is 0 Å². The predicted molar refractivity (Wildman–Crippen MR) is 53.5 cm³/mol. The number of likely N-dealkylation sites (tertiary alicyclic amines) is 1. The van der Waals surface area contributed by atoms with E-state index >= 15 is 0 Å². The standard InChI is InChI=1S/C8H17NO.C2H6/c1-3-9-6-4-5-8(7-9)10-2;1-2/h8H,3-7H2,1-2H3;1-2H3. The van der Waals surface area contributed by atoms with Crippen LogP contribution >= 0.6 is 0 Å². The van der Waals surface area contributed by atoms with Gasteiger partial charge in [0.05, 0.1) is 6.10 Å². The van der Waals surface area contributed by atoms with Crippen molar-refractivity contribution < 1.29 is 4.74 Å². The van der Waals surface area contributed by atoms with Crippen LogP contribution in [0.1, 0.15) is 33.6 Å². The number of hydrogen-bond acceptors (Lipinski definition) is 2. The quantitative estimate of drug-likeness (QED) is 0.634. The fourth-order valence-electron chi connectivity index (χ4n) is 1.49. The Hall–Kier alpha value is -0.0800. The van der Waals surface area contributed by atoms with Gasteiger partial charge < -0.3 is 9.64 Å². The van der Waals surface area contributed by atoms with Crippen molar-refractivity contribution in [3.05, 3.63) is 0 Å². The van der Waals surface area contributed by atoms with Gasteiger partial charge in [-0.05, 0) is 25.9 Å². The second-order valence-corrected chi connectivity index (χ2v) is 2.89. The Bertz CT molecular complexity index is 85.8. The highest BCUT2D eigenvalue weighted by atomic mass is 16.5. The van der Waals surface area contributed by atoms with Gasteiger partial charge in [0.25, 0.3) is 0 Å². The third kappa shape index (κ3) is 4.07. The van der Waals surface area contributed by atoms with Gasteiger partial charge in [0, 0.05) is 13.7 Å². The van der Waals surface area contributed by atoms with Crippen LogP contribution in [0.4, 0.5) is 0 Å². The van der Waals surface area contributed by atoms with Gasteiger partial charge in [-0.25, -0.2) is 0 Å². The van der Waals surface area contributed by atoms with Crippen molar-refractivity contribution in [1.82, 2.24) is 4.90 Å². The molecule has 0 amide bonds. The van der Waals surface area contributed by atoms with Crippen LogP contribution in [0.3, 0.4) is 0 Å². The number of ether oxygens (including phenoxy) is 1. The minimum atomic E-state index is 0.494. The average molecular weight is 173 g/mol. The summed E-state index contributed by atoms with van der Waals surface area (Å²) < 4.78 is 5.28. The zero-order valence-corrected chi connectivity index (χ0v) is 8.97. The van der Waals surface area contributed by atoms with Crippen molar-refractivity contribution in [2.24, 2.45) is 0 Å². The largest absolute Gasteiger partial charge is 0.380 e. The Morgan fingerprint density at radius 1 is 1.42 bits per heavy atom. The zero-order chi connectivity index (χ0) is 9.40. The van der Waals surface area contributed by atoms with E-state index < -0.39 is 0 Å². The summed E-state index contributed by atoms with van der Waals surface area (Å²) in [6.07, 6.45) is 3.04. The van der Waals surface area contributed by atoms with E-state index in [0.717, 1.165) is 6.54 Å². The molecule has 0 spiro atoms. The summed E-state index contributed by atoms with van der Waals surface area (Å²) in [5.74, 6) is 0. The molecule has 2 nitrogen and oxygen atoms in total. The summed E-state index contributed by atoms with van der Waals surface area (Å²) in [6.45, 7) is 9.77. The number of rotatable bonds is 2. The fraction of sp³-hybridized carbons (Fsp3) is 1.00. The summed E-state index contributed by atoms with van der Waals surface area (Å²) in [4.78, 5) is 2.44. The number of nitrogens with zero attached hydrogens (tertiary/aromatic N) is 1. The molecule has 12 heavy (non-hydrogen) atoms. The third-order valence-corrected chi connectivity index (χ3v) is 2.24. The van der Waals surface area contributed by atoms with E-state index in [1.54, 1.807) is 0 Å². The van der Waals surface area contributed by atoms with E-state index in [0.29, 0.717) is 6.10 Å². The summed E-state index contributed by atoms with van der Waals surface area (Å²) in [6, 6.07) is 0. The molecule has 1 aliphatic rings. The van der Waals surface area contributed by atoms with Crippen LogP contribution in [-0.2, 0) is 4.74 Å². The smallest absolute Gasteiger partial charge is 0.0698 e. The van der Waals surface area contributed by atoms with Crippen molar-refractivity contribution >= 4 is 0 Å². The first-order chi connectivity index (χ1) is 5.86. The first kappa shape index (κ1) is 11.9. The van der Waals surface area contributed by atoms with E-state index in [1.165, 1.54) is 25.9 Å². The van der Waals surface area contributed by atoms with Gasteiger partial charge in [0.15, 0.2) is 0 Å². The molecule has 0 saturated carbocycles. The number of methoxy groups -OCH3 is 1. The van der Waals surface area contributed by atoms with E-state index in [4.69, 9.17) is 4.74 Å². The normalized spacial score (nSPS) is 24.5. The van der Waals surface area contributed by atoms with Gasteiger partial charge in [-0.2, -0.15) is 0 Å². The highest BCUT2D eigenvalue weighted by Gasteiger charge is 2.17. The van der Waals surface area contributed by atoms with Crippen molar-refractivity contribution in [1.29, 1.82) is 0 Å². The molecule has 1 fully saturated rings. The molecule has 1 atom stereocenters. The molecule has 0 aromatic carbocycles. The molecule has 74 valence electrons. The minimum absolute atomic E-state index is 0.494. The van der Waals surface area contributed by atoms with Crippen molar-refractivity contribution in [3.63, 3.8) is 0 Å². The SMILES string of the molecule is CC.CCN1CCCC(OC)C1. The summed E-state index contributed by atoms with van der Waals surface area (Å²) >= 11 is 0. The molecule has 0 aliphatic carbocycles. The van der Waals surface area contributed by atoms with E-state index in [1.807, 2.05) is 21.0 Å². The van der Waals surface area contributed by atoms with Gasteiger partial charge in [0.2, 0.25) is 0 Å². The lowest BCUT2D eigenvalue weighted by atomic mass is 10.1. The molecule has 0 N–H and O–H groups in total. The molecule has 0 aromatic rings. The molecule has 0 bridgehead atoms. The molecule has 1 aliphatic heterocycles. The molecule has 2 heteroatoms. The highest BCUT2D eigenvalue weighted by Crippen LogP contribution is 2.11. The predicted octanol–water partition coefficient (Wildman–Crippen LogP) is 2.14. The van der Waals surface area contributed by atoms with Crippen LogP contribution in [0.25, 0.3) is 0 Å². The number of hydrogen-bond donors (Lipinski definition) is 0. The summed E-state index contributed by atoms with van der Waals surface area (Å²) in [7, 11) is 1.81. The van der Waals surface area contributed by atoms with E-state index in [9.17, 15) is 0 Å². The number of piperidine rings is 1. The van der Waals surface area contributed by atoms with E-state index in [-0.39, 0.29) is 0 Å². The average Bonchev–Trinajstić information content (AvgIpc) is 2.21. The second-order valence-electron chi connectivity index (χ2n) is 2.89. The Labute approximate surface area is 76.9 Å². The molecule has 1 saturated heterocycles. The van der Waals surface area contributed by atoms with Crippen LogP contribution < -0.4 is 0 Å². The first-order valence-electron chi connectivity index (χ1n) is 5.12. The summed E-state index contributed by atoms with van der Waals surface area (Å²) in [5, 5.41) is 0. The molecule has 1 unspecified atom stereocenters. The molecule has 1 heterocycles. The second kappa shape index (κ2) is 7.56. The Morgan fingerprint density at radius 3 is 2.58 bits per heavy atom. The van der Waals surface area contributed by atoms with Crippen LogP contribution in [0.15, 0.2) is 0 Å². The van der Waals surface area contributed by atoms with Crippen LogP contribution in [0, 0.1) is 0 Å². The lowest BCUT2D eigenvalue weighted by Crippen LogP contribution is -2.38. The fourth-order valence-corrected chi connectivity index (χ4v) is 1.49. The first-order valence-corrected chi connectivity index (χ1v) is 5.12. The Balaban J connectivity index is 0.000000561. The monoisotopic (exact) mass is 173 g/mol. The van der Waals surface area contributed by atoms with Crippen LogP contribution in [-0.4, -0.2) is 37.7 Å². The van der Waals surface area contributed by atoms with Crippen molar-refractivity contribution in [2.75, 3.05) is 26.7 Å². The van der Waals surface area contributed by atoms with Gasteiger partial charge >= 0.3 is 0 Å². The molecular formula is C10H23NO. The maximum Gasteiger partial charge on any atom is 0.0698 e. The van der Waals surface area contributed by atoms with Crippen molar-refractivity contribution in [3.8, 4) is 0 Å². The van der Waals surface area contributed by atoms with E-state index in [2.05, 4.69) is 11.8 Å². The third-order valence-electron chi connectivity index (χ3n) is 2.24. The molecular weight excluding hydrogens is 150 g/mol. The lowest BCUT2D eigenvalue weighted by molar-refractivity contribution is 0.0334. The molecule has 1 rings (SSSR count). The lowest BCUT2D eigenvalue weighted by Gasteiger charge is -2.30. The van der Waals surface area contributed by atoms with Gasteiger partial charge in [-0.1, -0.05) is 20.8 Å². The minimum Gasteiger partial charge on any atom is -0.380 e. The Kier molecular flexibility index (Phi) is 7.51. The van der Waals surface area contributed by atoms with Crippen molar-refractivity contribution in [2.45, 2.75) is 39.7 Å². The van der Waals surface area contributed by atoms with Gasteiger partial charge in [-0.3, -0.25) is 0 Å². The van der Waals surface area contributed by atoms with Crippen LogP contribution in [0.2, 0.25) is 0 Å². The zero-order valence-electron chi connectivity index (χ0n) is 8.97. The highest BCUT2D eigenvalue weighted by molar-refractivity contribution is 4.71. The van der Waals surface area contributed by atoms with Crippen LogP contribution in [0.5, 0.6) is 0 Å². The number of likely N-dealkylation sites (N-methyl/N-ethyl adjacent to an activating group) is 1. The molecule has 0 radical (unpaired) electrons. The molecule has 0 aromatic heterocycles. The maximum atomic E-state index is 5.28. The maximum absolute atomic E-state index is 5.28. The topological polar surface area (TPSA) is 12.5 Å². The Morgan fingerprint density at radius 2 is 2.08 bits per heavy atom. The summed E-state index contributed by atoms with van der Waals surface area (Å²) in [5.41, 5.74) is 0. The van der Waals surface area contributed by atoms with Gasteiger partial charge in [-0.15, -0.1) is 0 Å².